The van der Waals surface area contributed by atoms with Gasteiger partial charge in [-0.05, 0) is 55.4 Å². The van der Waals surface area contributed by atoms with Gasteiger partial charge in [0.1, 0.15) is 0 Å². The lowest BCUT2D eigenvalue weighted by atomic mass is 10.1. The maximum Gasteiger partial charge on any atom is 0.0208 e. The van der Waals surface area contributed by atoms with Crippen molar-refractivity contribution < 1.29 is 0 Å². The predicted molar refractivity (Wildman–Crippen MR) is 73.1 cm³/mol. The van der Waals surface area contributed by atoms with Gasteiger partial charge in [-0.3, -0.25) is 0 Å². The molecule has 1 heterocycles. The van der Waals surface area contributed by atoms with Crippen LogP contribution in [0.4, 0.5) is 0 Å². The number of hydrogen-bond donors (Lipinski definition) is 1. The minimum atomic E-state index is 0.899. The second kappa shape index (κ2) is 5.74. The van der Waals surface area contributed by atoms with E-state index >= 15 is 0 Å². The van der Waals surface area contributed by atoms with Gasteiger partial charge in [-0.2, -0.15) is 11.8 Å². The molecule has 88 valence electrons. The highest BCUT2D eigenvalue weighted by Crippen LogP contribution is 2.22. The highest BCUT2D eigenvalue weighted by Gasteiger charge is 2.14. The van der Waals surface area contributed by atoms with Gasteiger partial charge in [0.25, 0.3) is 0 Å². The van der Waals surface area contributed by atoms with Gasteiger partial charge in [-0.15, -0.1) is 0 Å². The largest absolute Gasteiger partial charge is 0.312 e. The van der Waals surface area contributed by atoms with Crippen molar-refractivity contribution in [1.29, 1.82) is 0 Å². The summed E-state index contributed by atoms with van der Waals surface area (Å²) in [6, 6.07) is 6.72. The van der Waals surface area contributed by atoms with Crippen LogP contribution in [-0.4, -0.2) is 18.1 Å². The Morgan fingerprint density at radius 2 is 2.25 bits per heavy atom. The van der Waals surface area contributed by atoms with Gasteiger partial charge < -0.3 is 5.32 Å². The second-order valence-electron chi connectivity index (χ2n) is 4.79. The predicted octanol–water partition coefficient (Wildman–Crippen LogP) is 3.15. The lowest BCUT2D eigenvalue weighted by Crippen LogP contribution is -2.22. The zero-order valence-electron chi connectivity index (χ0n) is 10.3. The summed E-state index contributed by atoms with van der Waals surface area (Å²) in [5, 5.41) is 3.59. The van der Waals surface area contributed by atoms with Crippen LogP contribution in [0.25, 0.3) is 0 Å². The Bertz CT molecular complexity index is 343. The molecule has 0 aromatic heterocycles. The summed E-state index contributed by atoms with van der Waals surface area (Å²) in [5.74, 6) is 3.60. The summed E-state index contributed by atoms with van der Waals surface area (Å²) < 4.78 is 0. The van der Waals surface area contributed by atoms with Gasteiger partial charge >= 0.3 is 0 Å². The Kier molecular flexibility index (Phi) is 4.30. The van der Waals surface area contributed by atoms with Crippen molar-refractivity contribution >= 4 is 11.8 Å². The van der Waals surface area contributed by atoms with Crippen LogP contribution < -0.4 is 5.32 Å². The highest BCUT2D eigenvalue weighted by atomic mass is 32.2. The van der Waals surface area contributed by atoms with E-state index in [4.69, 9.17) is 0 Å². The number of benzene rings is 1. The molecule has 1 aromatic carbocycles. The van der Waals surface area contributed by atoms with Crippen molar-refractivity contribution in [2.24, 2.45) is 5.92 Å². The van der Waals surface area contributed by atoms with Gasteiger partial charge in [0, 0.05) is 6.54 Å². The van der Waals surface area contributed by atoms with Crippen LogP contribution in [-0.2, 0) is 6.54 Å². The summed E-state index contributed by atoms with van der Waals surface area (Å²) in [4.78, 5) is 0. The molecule has 16 heavy (non-hydrogen) atoms. The first kappa shape index (κ1) is 12.0. The van der Waals surface area contributed by atoms with E-state index in [0.29, 0.717) is 0 Å². The zero-order valence-corrected chi connectivity index (χ0v) is 11.1. The van der Waals surface area contributed by atoms with E-state index < -0.39 is 0 Å². The fraction of sp³-hybridized carbons (Fsp3) is 0.571. The zero-order chi connectivity index (χ0) is 11.4. The maximum absolute atomic E-state index is 3.59. The molecule has 1 unspecified atom stereocenters. The van der Waals surface area contributed by atoms with E-state index in [1.807, 2.05) is 0 Å². The van der Waals surface area contributed by atoms with Gasteiger partial charge in [0.05, 0.1) is 0 Å². The quantitative estimate of drug-likeness (QED) is 0.860. The molecule has 1 aliphatic heterocycles. The van der Waals surface area contributed by atoms with Gasteiger partial charge in [0.15, 0.2) is 0 Å². The average Bonchev–Trinajstić information content (AvgIpc) is 2.74. The monoisotopic (exact) mass is 235 g/mol. The second-order valence-corrected chi connectivity index (χ2v) is 5.94. The Hall–Kier alpha value is -0.470. The number of aryl methyl sites for hydroxylation is 2. The Labute approximate surface area is 103 Å². The first-order valence-electron chi connectivity index (χ1n) is 6.10. The van der Waals surface area contributed by atoms with Crippen molar-refractivity contribution in [2.45, 2.75) is 26.8 Å². The molecule has 1 saturated heterocycles. The molecule has 1 atom stereocenters. The molecule has 2 heteroatoms. The number of thioether (sulfide) groups is 1. The molecule has 0 aliphatic carbocycles. The fourth-order valence-corrected chi connectivity index (χ4v) is 3.48. The molecular formula is C14H21NS. The smallest absolute Gasteiger partial charge is 0.0208 e. The number of hydrogen-bond acceptors (Lipinski definition) is 2. The standard InChI is InChI=1S/C14H21NS/c1-11-3-4-14(12(2)7-11)9-15-8-13-5-6-16-10-13/h3-4,7,13,15H,5-6,8-10H2,1-2H3. The maximum atomic E-state index is 3.59. The first-order valence-corrected chi connectivity index (χ1v) is 7.26. The molecular weight excluding hydrogens is 214 g/mol. The van der Waals surface area contributed by atoms with Gasteiger partial charge in [0.2, 0.25) is 0 Å². The lowest BCUT2D eigenvalue weighted by Gasteiger charge is -2.11. The lowest BCUT2D eigenvalue weighted by molar-refractivity contribution is 0.523. The third-order valence-electron chi connectivity index (χ3n) is 3.27. The van der Waals surface area contributed by atoms with Crippen molar-refractivity contribution in [3.05, 3.63) is 34.9 Å². The van der Waals surface area contributed by atoms with Gasteiger partial charge in [-0.25, -0.2) is 0 Å². The van der Waals surface area contributed by atoms with E-state index in [-0.39, 0.29) is 0 Å². The molecule has 0 radical (unpaired) electrons. The van der Waals surface area contributed by atoms with Crippen LogP contribution in [0.3, 0.4) is 0 Å². The Morgan fingerprint density at radius 3 is 2.94 bits per heavy atom. The van der Waals surface area contributed by atoms with Crippen LogP contribution in [0.1, 0.15) is 23.1 Å². The third-order valence-corrected chi connectivity index (χ3v) is 4.50. The van der Waals surface area contributed by atoms with Crippen molar-refractivity contribution in [3.63, 3.8) is 0 Å². The van der Waals surface area contributed by atoms with Crippen molar-refractivity contribution in [3.8, 4) is 0 Å². The molecule has 0 saturated carbocycles. The third kappa shape index (κ3) is 3.26. The van der Waals surface area contributed by atoms with E-state index in [9.17, 15) is 0 Å². The van der Waals surface area contributed by atoms with Crippen molar-refractivity contribution in [2.75, 3.05) is 18.1 Å². The molecule has 1 aromatic rings. The molecule has 1 fully saturated rings. The van der Waals surface area contributed by atoms with E-state index in [0.717, 1.165) is 12.5 Å². The summed E-state index contributed by atoms with van der Waals surface area (Å²) in [7, 11) is 0. The molecule has 0 amide bonds. The van der Waals surface area contributed by atoms with E-state index in [1.165, 1.54) is 41.2 Å². The highest BCUT2D eigenvalue weighted by molar-refractivity contribution is 7.99. The van der Waals surface area contributed by atoms with Gasteiger partial charge in [-0.1, -0.05) is 23.8 Å². The van der Waals surface area contributed by atoms with E-state index in [2.05, 4.69) is 49.1 Å². The minimum absolute atomic E-state index is 0.899. The van der Waals surface area contributed by atoms with E-state index in [1.54, 1.807) is 0 Å². The Morgan fingerprint density at radius 1 is 1.38 bits per heavy atom. The average molecular weight is 235 g/mol. The minimum Gasteiger partial charge on any atom is -0.312 e. The molecule has 1 N–H and O–H groups in total. The first-order chi connectivity index (χ1) is 7.75. The molecule has 0 bridgehead atoms. The Balaban J connectivity index is 1.80. The SMILES string of the molecule is Cc1ccc(CNCC2CCSC2)c(C)c1. The summed E-state index contributed by atoms with van der Waals surface area (Å²) in [5.41, 5.74) is 4.21. The van der Waals surface area contributed by atoms with Crippen LogP contribution in [0.2, 0.25) is 0 Å². The summed E-state index contributed by atoms with van der Waals surface area (Å²) in [6.45, 7) is 6.56. The fourth-order valence-electron chi connectivity index (χ4n) is 2.20. The van der Waals surface area contributed by atoms with Crippen molar-refractivity contribution in [1.82, 2.24) is 5.32 Å². The normalized spacial score (nSPS) is 20.2. The molecule has 1 nitrogen and oxygen atoms in total. The summed E-state index contributed by atoms with van der Waals surface area (Å²) in [6.07, 6.45) is 1.39. The molecule has 1 aliphatic rings. The molecule has 0 spiro atoms. The number of nitrogens with one attached hydrogen (secondary N) is 1. The van der Waals surface area contributed by atoms with Crippen LogP contribution in [0.15, 0.2) is 18.2 Å². The van der Waals surface area contributed by atoms with Crippen LogP contribution in [0, 0.1) is 19.8 Å². The topological polar surface area (TPSA) is 12.0 Å². The summed E-state index contributed by atoms with van der Waals surface area (Å²) >= 11 is 2.09. The van der Waals surface area contributed by atoms with Crippen LogP contribution >= 0.6 is 11.8 Å². The number of rotatable bonds is 4. The molecule has 2 rings (SSSR count). The van der Waals surface area contributed by atoms with Crippen LogP contribution in [0.5, 0.6) is 0 Å².